The molecule has 0 heterocycles. The molecular weight excluding hydrogens is 156 g/mol. The van der Waals surface area contributed by atoms with Crippen LogP contribution in [0.15, 0.2) is 12.7 Å². The molecule has 3 nitrogen and oxygen atoms in total. The molecule has 0 aromatic heterocycles. The van der Waals surface area contributed by atoms with Crippen LogP contribution in [0.25, 0.3) is 0 Å². The largest absolute Gasteiger partial charge is 0.466 e. The van der Waals surface area contributed by atoms with E-state index in [1.54, 1.807) is 0 Å². The summed E-state index contributed by atoms with van der Waals surface area (Å²) < 4.78 is 4.81. The van der Waals surface area contributed by atoms with Gasteiger partial charge in [-0.2, -0.15) is 0 Å². The zero-order chi connectivity index (χ0) is 9.40. The second-order valence-electron chi connectivity index (χ2n) is 2.58. The molecular formula is C9H16O3. The Labute approximate surface area is 73.0 Å². The van der Waals surface area contributed by atoms with Gasteiger partial charge in [-0.1, -0.05) is 19.4 Å². The van der Waals surface area contributed by atoms with Crippen molar-refractivity contribution in [2.24, 2.45) is 0 Å². The standard InChI is InChI=1S/C9H16O3/c1-3-5-6-12-9(11)7-8(10)4-2/h4,8,10H,2-3,5-7H2,1H3/t8-/m1/s1. The van der Waals surface area contributed by atoms with Crippen molar-refractivity contribution >= 4 is 5.97 Å². The summed E-state index contributed by atoms with van der Waals surface area (Å²) in [6.45, 7) is 5.82. The van der Waals surface area contributed by atoms with Crippen LogP contribution in [0.3, 0.4) is 0 Å². The van der Waals surface area contributed by atoms with Crippen molar-refractivity contribution in [1.82, 2.24) is 0 Å². The summed E-state index contributed by atoms with van der Waals surface area (Å²) in [5.74, 6) is -0.365. The number of esters is 1. The quantitative estimate of drug-likeness (QED) is 0.373. The summed E-state index contributed by atoms with van der Waals surface area (Å²) in [4.78, 5) is 10.9. The number of unbranched alkanes of at least 4 members (excludes halogenated alkanes) is 1. The van der Waals surface area contributed by atoms with Crippen molar-refractivity contribution < 1.29 is 14.6 Å². The zero-order valence-electron chi connectivity index (χ0n) is 7.45. The van der Waals surface area contributed by atoms with Gasteiger partial charge >= 0.3 is 5.97 Å². The Morgan fingerprint density at radius 1 is 1.75 bits per heavy atom. The number of ether oxygens (including phenoxy) is 1. The van der Waals surface area contributed by atoms with E-state index in [9.17, 15) is 4.79 Å². The van der Waals surface area contributed by atoms with E-state index in [1.165, 1.54) is 6.08 Å². The lowest BCUT2D eigenvalue weighted by molar-refractivity contribution is -0.145. The topological polar surface area (TPSA) is 46.5 Å². The lowest BCUT2D eigenvalue weighted by atomic mass is 10.2. The number of hydrogen-bond donors (Lipinski definition) is 1. The maximum Gasteiger partial charge on any atom is 0.308 e. The minimum absolute atomic E-state index is 0.00716. The van der Waals surface area contributed by atoms with Crippen molar-refractivity contribution in [3.05, 3.63) is 12.7 Å². The summed E-state index contributed by atoms with van der Waals surface area (Å²) >= 11 is 0. The molecule has 70 valence electrons. The zero-order valence-corrected chi connectivity index (χ0v) is 7.45. The van der Waals surface area contributed by atoms with Crippen LogP contribution >= 0.6 is 0 Å². The van der Waals surface area contributed by atoms with Crippen LogP contribution in [0.2, 0.25) is 0 Å². The predicted octanol–water partition coefficient (Wildman–Crippen LogP) is 1.27. The van der Waals surface area contributed by atoms with E-state index in [-0.39, 0.29) is 12.4 Å². The fourth-order valence-corrected chi connectivity index (χ4v) is 0.643. The lowest BCUT2D eigenvalue weighted by Crippen LogP contribution is -2.13. The third-order valence-electron chi connectivity index (χ3n) is 1.41. The molecule has 0 amide bonds. The highest BCUT2D eigenvalue weighted by Crippen LogP contribution is 1.96. The summed E-state index contributed by atoms with van der Waals surface area (Å²) in [7, 11) is 0. The van der Waals surface area contributed by atoms with E-state index in [2.05, 4.69) is 6.58 Å². The first-order valence-electron chi connectivity index (χ1n) is 4.17. The molecule has 0 radical (unpaired) electrons. The van der Waals surface area contributed by atoms with Gasteiger partial charge < -0.3 is 9.84 Å². The first-order valence-corrected chi connectivity index (χ1v) is 4.17. The molecule has 0 spiro atoms. The Hall–Kier alpha value is -0.830. The first-order chi connectivity index (χ1) is 5.70. The van der Waals surface area contributed by atoms with Crippen LogP contribution < -0.4 is 0 Å². The molecule has 0 aliphatic rings. The molecule has 0 rings (SSSR count). The Kier molecular flexibility index (Phi) is 6.38. The molecule has 0 aliphatic carbocycles. The van der Waals surface area contributed by atoms with E-state index < -0.39 is 6.10 Å². The second-order valence-corrected chi connectivity index (χ2v) is 2.58. The van der Waals surface area contributed by atoms with Gasteiger partial charge in [-0.25, -0.2) is 0 Å². The fraction of sp³-hybridized carbons (Fsp3) is 0.667. The minimum Gasteiger partial charge on any atom is -0.466 e. The van der Waals surface area contributed by atoms with E-state index in [1.807, 2.05) is 6.92 Å². The number of hydrogen-bond acceptors (Lipinski definition) is 3. The van der Waals surface area contributed by atoms with Crippen molar-refractivity contribution in [1.29, 1.82) is 0 Å². The Morgan fingerprint density at radius 2 is 2.42 bits per heavy atom. The van der Waals surface area contributed by atoms with Gasteiger partial charge in [0.1, 0.15) is 0 Å². The molecule has 1 N–H and O–H groups in total. The molecule has 0 saturated heterocycles. The van der Waals surface area contributed by atoms with Gasteiger partial charge in [0.2, 0.25) is 0 Å². The average molecular weight is 172 g/mol. The van der Waals surface area contributed by atoms with Crippen LogP contribution in [0.1, 0.15) is 26.2 Å². The van der Waals surface area contributed by atoms with Gasteiger partial charge in [0.25, 0.3) is 0 Å². The van der Waals surface area contributed by atoms with Crippen LogP contribution in [0.5, 0.6) is 0 Å². The SMILES string of the molecule is C=C[C@@H](O)CC(=O)OCCCC. The Morgan fingerprint density at radius 3 is 2.92 bits per heavy atom. The van der Waals surface area contributed by atoms with Gasteiger partial charge in [-0.3, -0.25) is 4.79 Å². The fourth-order valence-electron chi connectivity index (χ4n) is 0.643. The summed E-state index contributed by atoms with van der Waals surface area (Å²) in [6, 6.07) is 0. The predicted molar refractivity (Wildman–Crippen MR) is 46.7 cm³/mol. The molecule has 0 bridgehead atoms. The lowest BCUT2D eigenvalue weighted by Gasteiger charge is -2.05. The van der Waals surface area contributed by atoms with Gasteiger partial charge in [0, 0.05) is 0 Å². The van der Waals surface area contributed by atoms with Crippen molar-refractivity contribution in [2.75, 3.05) is 6.61 Å². The van der Waals surface area contributed by atoms with Gasteiger partial charge in [-0.15, -0.1) is 6.58 Å². The smallest absolute Gasteiger partial charge is 0.308 e. The summed E-state index contributed by atoms with van der Waals surface area (Å²) in [6.07, 6.45) is 2.42. The van der Waals surface area contributed by atoms with Crippen LogP contribution in [-0.2, 0) is 9.53 Å². The molecule has 1 atom stereocenters. The molecule has 0 saturated carbocycles. The molecule has 0 fully saturated rings. The molecule has 0 unspecified atom stereocenters. The Bertz CT molecular complexity index is 143. The van der Waals surface area contributed by atoms with Crippen LogP contribution in [0.4, 0.5) is 0 Å². The number of aliphatic hydroxyl groups is 1. The van der Waals surface area contributed by atoms with Gasteiger partial charge in [0.05, 0.1) is 19.1 Å². The summed E-state index contributed by atoms with van der Waals surface area (Å²) in [5, 5.41) is 8.97. The maximum absolute atomic E-state index is 10.9. The number of rotatable bonds is 6. The highest BCUT2D eigenvalue weighted by Gasteiger charge is 2.07. The third-order valence-corrected chi connectivity index (χ3v) is 1.41. The van der Waals surface area contributed by atoms with Crippen LogP contribution in [0, 0.1) is 0 Å². The average Bonchev–Trinajstić information content (AvgIpc) is 2.05. The van der Waals surface area contributed by atoms with Crippen molar-refractivity contribution in [3.8, 4) is 0 Å². The van der Waals surface area contributed by atoms with Gasteiger partial charge in [0.15, 0.2) is 0 Å². The summed E-state index contributed by atoms with van der Waals surface area (Å²) in [5.41, 5.74) is 0. The molecule has 0 aliphatic heterocycles. The van der Waals surface area contributed by atoms with Crippen molar-refractivity contribution in [2.45, 2.75) is 32.3 Å². The van der Waals surface area contributed by atoms with Gasteiger partial charge in [-0.05, 0) is 6.42 Å². The third kappa shape index (κ3) is 5.92. The van der Waals surface area contributed by atoms with E-state index in [0.29, 0.717) is 6.61 Å². The second kappa shape index (κ2) is 6.85. The van der Waals surface area contributed by atoms with Crippen LogP contribution in [-0.4, -0.2) is 23.8 Å². The normalized spacial score (nSPS) is 12.2. The van der Waals surface area contributed by atoms with E-state index in [0.717, 1.165) is 12.8 Å². The first kappa shape index (κ1) is 11.2. The highest BCUT2D eigenvalue weighted by molar-refractivity contribution is 5.70. The van der Waals surface area contributed by atoms with E-state index in [4.69, 9.17) is 9.84 Å². The molecule has 3 heteroatoms. The molecule has 12 heavy (non-hydrogen) atoms. The maximum atomic E-state index is 10.9. The molecule has 0 aromatic carbocycles. The number of aliphatic hydroxyl groups excluding tert-OH is 1. The van der Waals surface area contributed by atoms with E-state index >= 15 is 0 Å². The highest BCUT2D eigenvalue weighted by atomic mass is 16.5. The van der Waals surface area contributed by atoms with Crippen molar-refractivity contribution in [3.63, 3.8) is 0 Å². The monoisotopic (exact) mass is 172 g/mol. The minimum atomic E-state index is -0.779. The Balaban J connectivity index is 3.39. The molecule has 0 aromatic rings. The number of carbonyl (C=O) groups is 1. The number of carbonyl (C=O) groups excluding carboxylic acids is 1.